The van der Waals surface area contributed by atoms with E-state index in [2.05, 4.69) is 15.1 Å². The first-order chi connectivity index (χ1) is 10.3. The van der Waals surface area contributed by atoms with Crippen LogP contribution in [0.5, 0.6) is 0 Å². The van der Waals surface area contributed by atoms with Crippen molar-refractivity contribution in [3.05, 3.63) is 11.8 Å². The van der Waals surface area contributed by atoms with Crippen LogP contribution < -0.4 is 0 Å². The van der Waals surface area contributed by atoms with E-state index in [-0.39, 0.29) is 6.10 Å². The van der Waals surface area contributed by atoms with E-state index in [1.807, 2.05) is 0 Å². The summed E-state index contributed by atoms with van der Waals surface area (Å²) in [7, 11) is 1.75. The number of likely N-dealkylation sites (tertiary alicyclic amines) is 1. The van der Waals surface area contributed by atoms with E-state index in [4.69, 9.17) is 13.9 Å². The fourth-order valence-corrected chi connectivity index (χ4v) is 3.45. The summed E-state index contributed by atoms with van der Waals surface area (Å²) >= 11 is 0. The molecular weight excluding hydrogens is 270 g/mol. The monoisotopic (exact) mass is 293 g/mol. The summed E-state index contributed by atoms with van der Waals surface area (Å²) in [5.74, 6) is 2.64. The van der Waals surface area contributed by atoms with Gasteiger partial charge in [-0.05, 0) is 38.1 Å². The molecular formula is C15H23N3O3. The van der Waals surface area contributed by atoms with Gasteiger partial charge >= 0.3 is 0 Å². The summed E-state index contributed by atoms with van der Waals surface area (Å²) in [6.45, 7) is 3.90. The largest absolute Gasteiger partial charge is 0.422 e. The molecule has 1 aromatic heterocycles. The number of methoxy groups -OCH3 is 1. The first kappa shape index (κ1) is 13.7. The Labute approximate surface area is 124 Å². The topological polar surface area (TPSA) is 60.6 Å². The summed E-state index contributed by atoms with van der Waals surface area (Å²) < 4.78 is 17.2. The van der Waals surface area contributed by atoms with Crippen molar-refractivity contribution in [2.75, 3.05) is 33.4 Å². The highest BCUT2D eigenvalue weighted by Crippen LogP contribution is 2.43. The molecule has 0 bridgehead atoms. The highest BCUT2D eigenvalue weighted by atomic mass is 16.5. The lowest BCUT2D eigenvalue weighted by Gasteiger charge is -2.33. The number of hydrogen-bond acceptors (Lipinski definition) is 6. The van der Waals surface area contributed by atoms with Crippen LogP contribution in [0.3, 0.4) is 0 Å². The lowest BCUT2D eigenvalue weighted by molar-refractivity contribution is -0.0199. The summed E-state index contributed by atoms with van der Waals surface area (Å²) in [6.07, 6.45) is 4.89. The van der Waals surface area contributed by atoms with Crippen molar-refractivity contribution in [2.45, 2.75) is 43.8 Å². The molecule has 2 saturated heterocycles. The molecule has 0 N–H and O–H groups in total. The number of ether oxygens (including phenoxy) is 2. The maximum absolute atomic E-state index is 6.20. The minimum absolute atomic E-state index is 0.00220. The Morgan fingerprint density at radius 1 is 1.24 bits per heavy atom. The van der Waals surface area contributed by atoms with Gasteiger partial charge in [0.05, 0.1) is 12.7 Å². The molecule has 2 aliphatic heterocycles. The number of fused-ring (bicyclic) bond motifs is 1. The molecule has 6 nitrogen and oxygen atoms in total. The van der Waals surface area contributed by atoms with Crippen molar-refractivity contribution in [3.63, 3.8) is 0 Å². The summed E-state index contributed by atoms with van der Waals surface area (Å²) in [5.41, 5.74) is 0. The average molecular weight is 293 g/mol. The van der Waals surface area contributed by atoms with Crippen LogP contribution in [0.1, 0.15) is 49.5 Å². The molecule has 4 rings (SSSR count). The zero-order chi connectivity index (χ0) is 14.2. The van der Waals surface area contributed by atoms with Crippen LogP contribution in [-0.4, -0.2) is 54.6 Å². The van der Waals surface area contributed by atoms with Gasteiger partial charge in [-0.25, -0.2) is 0 Å². The summed E-state index contributed by atoms with van der Waals surface area (Å²) in [6, 6.07) is 0. The second-order valence-corrected chi connectivity index (χ2v) is 6.49. The Hall–Kier alpha value is -0.980. The van der Waals surface area contributed by atoms with Gasteiger partial charge in [0.15, 0.2) is 0 Å². The van der Waals surface area contributed by atoms with E-state index in [1.54, 1.807) is 7.11 Å². The molecule has 1 saturated carbocycles. The van der Waals surface area contributed by atoms with Crippen molar-refractivity contribution in [1.82, 2.24) is 15.1 Å². The van der Waals surface area contributed by atoms with Gasteiger partial charge in [-0.2, -0.15) is 0 Å². The Kier molecular flexibility index (Phi) is 3.69. The molecule has 3 aliphatic rings. The Morgan fingerprint density at radius 3 is 2.90 bits per heavy atom. The van der Waals surface area contributed by atoms with Crippen molar-refractivity contribution < 1.29 is 13.9 Å². The third-order valence-corrected chi connectivity index (χ3v) is 4.91. The predicted octanol–water partition coefficient (Wildman–Crippen LogP) is 1.75. The Bertz CT molecular complexity index is 488. The summed E-state index contributed by atoms with van der Waals surface area (Å²) in [4.78, 5) is 2.43. The van der Waals surface area contributed by atoms with Crippen molar-refractivity contribution >= 4 is 0 Å². The number of aromatic nitrogens is 2. The minimum atomic E-state index is 0.00220. The van der Waals surface area contributed by atoms with Crippen molar-refractivity contribution in [3.8, 4) is 0 Å². The van der Waals surface area contributed by atoms with Crippen LogP contribution in [-0.2, 0) is 9.47 Å². The zero-order valence-electron chi connectivity index (χ0n) is 12.5. The van der Waals surface area contributed by atoms with Crippen molar-refractivity contribution in [1.29, 1.82) is 0 Å². The van der Waals surface area contributed by atoms with E-state index in [1.165, 1.54) is 19.3 Å². The zero-order valence-corrected chi connectivity index (χ0v) is 12.5. The molecule has 3 atom stereocenters. The van der Waals surface area contributed by atoms with Gasteiger partial charge in [-0.1, -0.05) is 0 Å². The smallest absolute Gasteiger partial charge is 0.245 e. The van der Waals surface area contributed by atoms with E-state index in [0.717, 1.165) is 38.6 Å². The first-order valence-corrected chi connectivity index (χ1v) is 8.03. The molecule has 0 aromatic carbocycles. The molecule has 1 aliphatic carbocycles. The van der Waals surface area contributed by atoms with Gasteiger partial charge in [-0.15, -0.1) is 10.2 Å². The van der Waals surface area contributed by atoms with E-state index >= 15 is 0 Å². The number of rotatable bonds is 5. The maximum Gasteiger partial charge on any atom is 0.245 e. The molecule has 0 amide bonds. The van der Waals surface area contributed by atoms with Gasteiger partial charge < -0.3 is 13.9 Å². The molecule has 6 heteroatoms. The number of piperidine rings is 1. The SMILES string of the molecule is COCCN1CC[C@H]2C[C@@H](c3nnc(C4CC4)o3)O[C@@H]2C1. The van der Waals surface area contributed by atoms with Gasteiger partial charge in [0.1, 0.15) is 6.10 Å². The van der Waals surface area contributed by atoms with E-state index in [0.29, 0.717) is 23.8 Å². The third-order valence-electron chi connectivity index (χ3n) is 4.91. The predicted molar refractivity (Wildman–Crippen MR) is 74.9 cm³/mol. The fourth-order valence-electron chi connectivity index (χ4n) is 3.45. The van der Waals surface area contributed by atoms with Crippen LogP contribution in [0.2, 0.25) is 0 Å². The van der Waals surface area contributed by atoms with Crippen LogP contribution in [0, 0.1) is 5.92 Å². The Morgan fingerprint density at radius 2 is 2.10 bits per heavy atom. The lowest BCUT2D eigenvalue weighted by Crippen LogP contribution is -2.43. The van der Waals surface area contributed by atoms with E-state index in [9.17, 15) is 0 Å². The first-order valence-electron chi connectivity index (χ1n) is 8.03. The maximum atomic E-state index is 6.20. The highest BCUT2D eigenvalue weighted by Gasteiger charge is 2.42. The van der Waals surface area contributed by atoms with Gasteiger partial charge in [0.25, 0.3) is 0 Å². The van der Waals surface area contributed by atoms with Crippen molar-refractivity contribution in [2.24, 2.45) is 5.92 Å². The summed E-state index contributed by atoms with van der Waals surface area (Å²) in [5, 5.41) is 8.38. The standard InChI is InChI=1S/C15H23N3O3/c1-19-7-6-18-5-4-11-8-12(20-13(11)9-18)15-17-16-14(21-15)10-2-3-10/h10-13H,2-9H2,1H3/t11-,12-,13+/m0/s1. The number of hydrogen-bond donors (Lipinski definition) is 0. The van der Waals surface area contributed by atoms with Gasteiger partial charge in [0, 0.05) is 26.1 Å². The molecule has 116 valence electrons. The average Bonchev–Trinajstić information content (AvgIpc) is 3.09. The fraction of sp³-hybridized carbons (Fsp3) is 0.867. The lowest BCUT2D eigenvalue weighted by atomic mass is 9.92. The van der Waals surface area contributed by atoms with Crippen LogP contribution in [0.4, 0.5) is 0 Å². The molecule has 0 radical (unpaired) electrons. The molecule has 0 unspecified atom stereocenters. The van der Waals surface area contributed by atoms with Crippen LogP contribution >= 0.6 is 0 Å². The van der Waals surface area contributed by atoms with Crippen LogP contribution in [0.15, 0.2) is 4.42 Å². The molecule has 1 aromatic rings. The van der Waals surface area contributed by atoms with E-state index < -0.39 is 0 Å². The molecule has 3 fully saturated rings. The van der Waals surface area contributed by atoms with Crippen LogP contribution in [0.25, 0.3) is 0 Å². The second-order valence-electron chi connectivity index (χ2n) is 6.49. The highest BCUT2D eigenvalue weighted by molar-refractivity contribution is 5.02. The Balaban J connectivity index is 1.37. The quantitative estimate of drug-likeness (QED) is 0.824. The second kappa shape index (κ2) is 5.66. The normalized spacial score (nSPS) is 33.3. The molecule has 21 heavy (non-hydrogen) atoms. The molecule has 0 spiro atoms. The van der Waals surface area contributed by atoms with Gasteiger partial charge in [0.2, 0.25) is 11.8 Å². The number of nitrogens with zero attached hydrogens (tertiary/aromatic N) is 3. The minimum Gasteiger partial charge on any atom is -0.422 e. The van der Waals surface area contributed by atoms with Gasteiger partial charge in [-0.3, -0.25) is 4.90 Å². The molecule has 3 heterocycles. The third kappa shape index (κ3) is 2.84.